The smallest absolute Gasteiger partial charge is 0.497 e. The maximum atomic E-state index is 13.5. The highest BCUT2D eigenvalue weighted by atomic mass is 19.1. The van der Waals surface area contributed by atoms with Gasteiger partial charge in [-0.1, -0.05) is 36.4 Å². The van der Waals surface area contributed by atoms with Crippen molar-refractivity contribution in [1.82, 2.24) is 0 Å². The number of carbonyl (C=O) groups excluding carboxylic acids is 2. The largest absolute Gasteiger partial charge is 0.517 e. The van der Waals surface area contributed by atoms with Crippen LogP contribution in [0.5, 0.6) is 11.5 Å². The van der Waals surface area contributed by atoms with E-state index >= 15 is 0 Å². The van der Waals surface area contributed by atoms with E-state index in [0.29, 0.717) is 0 Å². The quantitative estimate of drug-likeness (QED) is 0.315. The van der Waals surface area contributed by atoms with E-state index in [2.05, 4.69) is 0 Å². The zero-order valence-electron chi connectivity index (χ0n) is 16.8. The van der Waals surface area contributed by atoms with Crippen molar-refractivity contribution in [3.8, 4) is 11.5 Å². The summed E-state index contributed by atoms with van der Waals surface area (Å²) in [7, 11) is 1.60. The summed E-state index contributed by atoms with van der Waals surface area (Å²) in [6.45, 7) is 3.07. The van der Waals surface area contributed by atoms with E-state index in [4.69, 9.17) is 18.9 Å². The molecule has 156 valence electrons. The Labute approximate surface area is 173 Å². The summed E-state index contributed by atoms with van der Waals surface area (Å²) in [5, 5.41) is 1.93. The average molecular weight is 412 g/mol. The second-order valence-corrected chi connectivity index (χ2v) is 6.60. The van der Waals surface area contributed by atoms with Gasteiger partial charge in [0.25, 0.3) is 0 Å². The number of benzene rings is 3. The minimum atomic E-state index is -1.20. The fourth-order valence-electron chi connectivity index (χ4n) is 2.84. The number of carbonyl (C=O) groups is 2. The molecule has 0 bridgehead atoms. The third kappa shape index (κ3) is 5.05. The molecule has 0 spiro atoms. The lowest BCUT2D eigenvalue weighted by atomic mass is 9.98. The maximum absolute atomic E-state index is 13.5. The molecule has 7 heteroatoms. The van der Waals surface area contributed by atoms with Gasteiger partial charge in [-0.15, -0.1) is 0 Å². The SMILES string of the molecule is COc1ccc2cc([C@H](C)C(=O)O[C@@H](C)OC(=O)Oc3ccccc3F)ccc2c1. The maximum Gasteiger partial charge on any atom is 0.517 e. The van der Waals surface area contributed by atoms with Crippen LogP contribution in [0, 0.1) is 5.82 Å². The van der Waals surface area contributed by atoms with Gasteiger partial charge in [0.1, 0.15) is 5.75 Å². The summed E-state index contributed by atoms with van der Waals surface area (Å²) in [5.74, 6) is -1.40. The standard InChI is InChI=1S/C23H21FO6/c1-14(16-8-9-18-13-19(27-3)11-10-17(18)12-16)22(25)28-15(2)29-23(26)30-21-7-5-4-6-20(21)24/h4-15H,1-3H3/t14-,15+/m0/s1. The van der Waals surface area contributed by atoms with Crippen LogP contribution in [0.2, 0.25) is 0 Å². The van der Waals surface area contributed by atoms with Gasteiger partial charge in [0.2, 0.25) is 6.29 Å². The van der Waals surface area contributed by atoms with Crippen LogP contribution in [0.1, 0.15) is 25.3 Å². The van der Waals surface area contributed by atoms with Gasteiger partial charge in [-0.2, -0.15) is 0 Å². The molecule has 0 heterocycles. The highest BCUT2D eigenvalue weighted by Crippen LogP contribution is 2.26. The van der Waals surface area contributed by atoms with Gasteiger partial charge in [-0.05, 0) is 47.5 Å². The molecule has 3 rings (SSSR count). The topological polar surface area (TPSA) is 71.1 Å². The molecule has 2 atom stereocenters. The van der Waals surface area contributed by atoms with Crippen molar-refractivity contribution in [2.45, 2.75) is 26.1 Å². The van der Waals surface area contributed by atoms with Crippen LogP contribution in [0.4, 0.5) is 9.18 Å². The van der Waals surface area contributed by atoms with E-state index in [0.717, 1.165) is 28.2 Å². The Morgan fingerprint density at radius 3 is 2.33 bits per heavy atom. The molecular formula is C23H21FO6. The lowest BCUT2D eigenvalue weighted by Gasteiger charge is -2.17. The number of hydrogen-bond acceptors (Lipinski definition) is 6. The molecule has 30 heavy (non-hydrogen) atoms. The summed E-state index contributed by atoms with van der Waals surface area (Å²) in [4.78, 5) is 24.2. The lowest BCUT2D eigenvalue weighted by molar-refractivity contribution is -0.168. The van der Waals surface area contributed by atoms with E-state index in [1.807, 2.05) is 36.4 Å². The van der Waals surface area contributed by atoms with E-state index in [9.17, 15) is 14.0 Å². The summed E-state index contributed by atoms with van der Waals surface area (Å²) < 4.78 is 33.6. The van der Waals surface area contributed by atoms with Gasteiger partial charge in [0.05, 0.1) is 13.0 Å². The third-order valence-electron chi connectivity index (χ3n) is 4.50. The van der Waals surface area contributed by atoms with Crippen LogP contribution in [-0.4, -0.2) is 25.5 Å². The predicted molar refractivity (Wildman–Crippen MR) is 108 cm³/mol. The fraction of sp³-hybridized carbons (Fsp3) is 0.217. The number of esters is 1. The molecular weight excluding hydrogens is 391 g/mol. The molecule has 0 aliphatic carbocycles. The highest BCUT2D eigenvalue weighted by Gasteiger charge is 2.22. The second kappa shape index (κ2) is 9.26. The molecule has 0 saturated heterocycles. The van der Waals surface area contributed by atoms with Crippen molar-refractivity contribution in [2.75, 3.05) is 7.11 Å². The van der Waals surface area contributed by atoms with Crippen LogP contribution >= 0.6 is 0 Å². The van der Waals surface area contributed by atoms with Crippen molar-refractivity contribution < 1.29 is 32.9 Å². The first-order chi connectivity index (χ1) is 14.4. The Kier molecular flexibility index (Phi) is 6.51. The van der Waals surface area contributed by atoms with Crippen molar-refractivity contribution >= 4 is 22.9 Å². The molecule has 0 amide bonds. The molecule has 3 aromatic rings. The number of halogens is 1. The summed E-state index contributed by atoms with van der Waals surface area (Å²) >= 11 is 0. The van der Waals surface area contributed by atoms with Gasteiger partial charge < -0.3 is 18.9 Å². The van der Waals surface area contributed by atoms with Gasteiger partial charge >= 0.3 is 12.1 Å². The molecule has 3 aromatic carbocycles. The normalized spacial score (nSPS) is 12.7. The van der Waals surface area contributed by atoms with Gasteiger partial charge in [0.15, 0.2) is 11.6 Å². The first-order valence-electron chi connectivity index (χ1n) is 9.28. The predicted octanol–water partition coefficient (Wildman–Crippen LogP) is 5.20. The number of rotatable bonds is 6. The average Bonchev–Trinajstić information content (AvgIpc) is 2.73. The molecule has 0 aliphatic rings. The summed E-state index contributed by atoms with van der Waals surface area (Å²) in [5.41, 5.74) is 0.749. The van der Waals surface area contributed by atoms with Crippen LogP contribution in [0.3, 0.4) is 0 Å². The van der Waals surface area contributed by atoms with Gasteiger partial charge in [0, 0.05) is 6.92 Å². The van der Waals surface area contributed by atoms with Crippen LogP contribution < -0.4 is 9.47 Å². The minimum absolute atomic E-state index is 0.276. The fourth-order valence-corrected chi connectivity index (χ4v) is 2.84. The van der Waals surface area contributed by atoms with E-state index in [1.54, 1.807) is 14.0 Å². The second-order valence-electron chi connectivity index (χ2n) is 6.60. The van der Waals surface area contributed by atoms with E-state index < -0.39 is 30.1 Å². The lowest BCUT2D eigenvalue weighted by Crippen LogP contribution is -2.26. The number of fused-ring (bicyclic) bond motifs is 1. The Balaban J connectivity index is 1.60. The molecule has 0 radical (unpaired) electrons. The highest BCUT2D eigenvalue weighted by molar-refractivity contribution is 5.86. The summed E-state index contributed by atoms with van der Waals surface area (Å²) in [6, 6.07) is 16.6. The Hall–Kier alpha value is -3.61. The molecule has 0 aliphatic heterocycles. The van der Waals surface area contributed by atoms with Crippen molar-refractivity contribution in [2.24, 2.45) is 0 Å². The Morgan fingerprint density at radius 1 is 0.900 bits per heavy atom. The zero-order valence-corrected chi connectivity index (χ0v) is 16.8. The number of para-hydroxylation sites is 1. The van der Waals surface area contributed by atoms with Crippen molar-refractivity contribution in [1.29, 1.82) is 0 Å². The van der Waals surface area contributed by atoms with Crippen LogP contribution in [-0.2, 0) is 14.3 Å². The summed E-state index contributed by atoms with van der Waals surface area (Å²) in [6.07, 6.45) is -2.38. The molecule has 0 saturated carbocycles. The third-order valence-corrected chi connectivity index (χ3v) is 4.50. The minimum Gasteiger partial charge on any atom is -0.497 e. The molecule has 0 aromatic heterocycles. The first-order valence-corrected chi connectivity index (χ1v) is 9.28. The molecule has 0 fully saturated rings. The Bertz CT molecular complexity index is 1060. The van der Waals surface area contributed by atoms with Gasteiger partial charge in [-0.25, -0.2) is 9.18 Å². The van der Waals surface area contributed by atoms with Gasteiger partial charge in [-0.3, -0.25) is 4.79 Å². The van der Waals surface area contributed by atoms with E-state index in [1.165, 1.54) is 25.1 Å². The van der Waals surface area contributed by atoms with Crippen LogP contribution in [0.25, 0.3) is 10.8 Å². The van der Waals surface area contributed by atoms with Crippen molar-refractivity contribution in [3.05, 3.63) is 72.0 Å². The molecule has 0 N–H and O–H groups in total. The first kappa shape index (κ1) is 21.1. The number of methoxy groups -OCH3 is 1. The Morgan fingerprint density at radius 2 is 1.60 bits per heavy atom. The van der Waals surface area contributed by atoms with Crippen molar-refractivity contribution in [3.63, 3.8) is 0 Å². The zero-order chi connectivity index (χ0) is 21.7. The molecule has 6 nitrogen and oxygen atoms in total. The van der Waals surface area contributed by atoms with Crippen LogP contribution in [0.15, 0.2) is 60.7 Å². The number of hydrogen-bond donors (Lipinski definition) is 0. The van der Waals surface area contributed by atoms with E-state index in [-0.39, 0.29) is 5.75 Å². The number of ether oxygens (including phenoxy) is 4. The molecule has 0 unspecified atom stereocenters. The monoisotopic (exact) mass is 412 g/mol.